The lowest BCUT2D eigenvalue weighted by atomic mass is 10.0. The molecule has 0 saturated carbocycles. The Balaban J connectivity index is 2.18. The minimum Gasteiger partial charge on any atom is -0.481 e. The Kier molecular flexibility index (Phi) is 4.87. The van der Waals surface area contributed by atoms with Gasteiger partial charge in [0.05, 0.1) is 6.42 Å². The van der Waals surface area contributed by atoms with E-state index < -0.39 is 5.97 Å². The van der Waals surface area contributed by atoms with E-state index >= 15 is 0 Å². The van der Waals surface area contributed by atoms with Gasteiger partial charge in [0.1, 0.15) is 0 Å². The molecule has 2 rings (SSSR count). The second-order valence-corrected chi connectivity index (χ2v) is 6.30. The van der Waals surface area contributed by atoms with E-state index in [4.69, 9.17) is 16.7 Å². The first-order chi connectivity index (χ1) is 8.99. The molecule has 5 heteroatoms. The number of hydrogen-bond donors (Lipinski definition) is 1. The molecule has 1 heterocycles. The van der Waals surface area contributed by atoms with Crippen LogP contribution < -0.4 is 0 Å². The van der Waals surface area contributed by atoms with Crippen LogP contribution in [-0.2, 0) is 4.79 Å². The van der Waals surface area contributed by atoms with Crippen molar-refractivity contribution in [2.24, 2.45) is 0 Å². The Morgan fingerprint density at radius 1 is 1.63 bits per heavy atom. The average Bonchev–Trinajstić information content (AvgIpc) is 2.75. The summed E-state index contributed by atoms with van der Waals surface area (Å²) in [6, 6.07) is 6.13. The molecule has 3 nitrogen and oxygen atoms in total. The molecule has 0 bridgehead atoms. The molecular formula is C14H17BrClNO2. The maximum absolute atomic E-state index is 10.9. The molecule has 1 saturated heterocycles. The van der Waals surface area contributed by atoms with Crippen LogP contribution in [0.3, 0.4) is 0 Å². The lowest BCUT2D eigenvalue weighted by molar-refractivity contribution is -0.138. The number of hydrogen-bond acceptors (Lipinski definition) is 2. The van der Waals surface area contributed by atoms with Crippen molar-refractivity contribution in [2.75, 3.05) is 6.54 Å². The van der Waals surface area contributed by atoms with E-state index in [-0.39, 0.29) is 18.5 Å². The Morgan fingerprint density at radius 3 is 3.00 bits per heavy atom. The zero-order valence-corrected chi connectivity index (χ0v) is 13.1. The monoisotopic (exact) mass is 345 g/mol. The zero-order valence-electron chi connectivity index (χ0n) is 10.8. The average molecular weight is 347 g/mol. The van der Waals surface area contributed by atoms with Crippen molar-refractivity contribution >= 4 is 33.5 Å². The molecular weight excluding hydrogens is 330 g/mol. The smallest absolute Gasteiger partial charge is 0.304 e. The van der Waals surface area contributed by atoms with Crippen molar-refractivity contribution in [3.63, 3.8) is 0 Å². The van der Waals surface area contributed by atoms with Crippen LogP contribution in [-0.4, -0.2) is 28.6 Å². The molecule has 1 fully saturated rings. The van der Waals surface area contributed by atoms with Crippen molar-refractivity contribution in [3.05, 3.63) is 33.3 Å². The maximum atomic E-state index is 10.9. The highest BCUT2D eigenvalue weighted by atomic mass is 79.9. The number of carboxylic acid groups (broad SMARTS) is 1. The predicted octanol–water partition coefficient (Wildman–Crippen LogP) is 4.10. The van der Waals surface area contributed by atoms with Crippen molar-refractivity contribution in [1.82, 2.24) is 4.90 Å². The molecule has 2 unspecified atom stereocenters. The fourth-order valence-corrected chi connectivity index (χ4v) is 3.64. The fraction of sp³-hybridized carbons (Fsp3) is 0.500. The van der Waals surface area contributed by atoms with E-state index in [2.05, 4.69) is 27.8 Å². The van der Waals surface area contributed by atoms with Crippen LogP contribution >= 0.6 is 27.5 Å². The van der Waals surface area contributed by atoms with Crippen LogP contribution in [0.2, 0.25) is 5.02 Å². The summed E-state index contributed by atoms with van der Waals surface area (Å²) in [5.41, 5.74) is 1.06. The van der Waals surface area contributed by atoms with Gasteiger partial charge in [0, 0.05) is 21.6 Å². The van der Waals surface area contributed by atoms with Gasteiger partial charge in [-0.25, -0.2) is 0 Å². The molecule has 1 aliphatic heterocycles. The first kappa shape index (κ1) is 14.8. The van der Waals surface area contributed by atoms with Crippen LogP contribution in [0.4, 0.5) is 0 Å². The van der Waals surface area contributed by atoms with Gasteiger partial charge in [-0.3, -0.25) is 9.69 Å². The molecule has 104 valence electrons. The van der Waals surface area contributed by atoms with Gasteiger partial charge >= 0.3 is 5.97 Å². The molecule has 0 amide bonds. The first-order valence-corrected chi connectivity index (χ1v) is 7.58. The van der Waals surface area contributed by atoms with Crippen molar-refractivity contribution in [3.8, 4) is 0 Å². The number of aliphatic carboxylic acids is 1. The Hall–Kier alpha value is -0.580. The lowest BCUT2D eigenvalue weighted by Crippen LogP contribution is -2.33. The van der Waals surface area contributed by atoms with Gasteiger partial charge in [0.25, 0.3) is 0 Å². The molecule has 1 aromatic rings. The molecule has 0 radical (unpaired) electrons. The van der Waals surface area contributed by atoms with Gasteiger partial charge in [0.2, 0.25) is 0 Å². The van der Waals surface area contributed by atoms with Crippen LogP contribution in [0.25, 0.3) is 0 Å². The van der Waals surface area contributed by atoms with E-state index in [1.165, 1.54) is 0 Å². The summed E-state index contributed by atoms with van der Waals surface area (Å²) >= 11 is 9.68. The summed E-state index contributed by atoms with van der Waals surface area (Å²) < 4.78 is 0.956. The number of carboxylic acids is 1. The molecule has 0 spiro atoms. The van der Waals surface area contributed by atoms with Gasteiger partial charge in [0.15, 0.2) is 0 Å². The highest BCUT2D eigenvalue weighted by Gasteiger charge is 2.31. The maximum Gasteiger partial charge on any atom is 0.304 e. The molecule has 0 aromatic heterocycles. The SMILES string of the molecule is CC(c1ccc(Br)cc1Cl)N1CCCC1CC(=O)O. The Morgan fingerprint density at radius 2 is 2.37 bits per heavy atom. The summed E-state index contributed by atoms with van der Waals surface area (Å²) in [6.45, 7) is 3.03. The molecule has 1 aromatic carbocycles. The first-order valence-electron chi connectivity index (χ1n) is 6.41. The Labute approximate surface area is 126 Å². The lowest BCUT2D eigenvalue weighted by Gasteiger charge is -2.30. The largest absolute Gasteiger partial charge is 0.481 e. The molecule has 0 aliphatic carbocycles. The van der Waals surface area contributed by atoms with Crippen molar-refractivity contribution < 1.29 is 9.90 Å². The summed E-state index contributed by atoms with van der Waals surface area (Å²) in [5.74, 6) is -0.731. The molecule has 1 aliphatic rings. The molecule has 19 heavy (non-hydrogen) atoms. The van der Waals surface area contributed by atoms with Crippen LogP contribution in [0.15, 0.2) is 22.7 Å². The minimum atomic E-state index is -0.731. The van der Waals surface area contributed by atoms with Gasteiger partial charge in [-0.1, -0.05) is 33.6 Å². The van der Waals surface area contributed by atoms with Crippen LogP contribution in [0.1, 0.15) is 37.8 Å². The van der Waals surface area contributed by atoms with E-state index in [9.17, 15) is 4.79 Å². The second kappa shape index (κ2) is 6.25. The molecule has 2 atom stereocenters. The number of likely N-dealkylation sites (tertiary alicyclic amines) is 1. The highest BCUT2D eigenvalue weighted by molar-refractivity contribution is 9.10. The van der Waals surface area contributed by atoms with E-state index in [0.29, 0.717) is 0 Å². The summed E-state index contributed by atoms with van der Waals surface area (Å²) in [6.07, 6.45) is 2.21. The summed E-state index contributed by atoms with van der Waals surface area (Å²) in [5, 5.41) is 9.70. The number of rotatable bonds is 4. The van der Waals surface area contributed by atoms with Gasteiger partial charge in [-0.2, -0.15) is 0 Å². The summed E-state index contributed by atoms with van der Waals surface area (Å²) in [4.78, 5) is 13.2. The number of carbonyl (C=O) groups is 1. The van der Waals surface area contributed by atoms with Crippen molar-refractivity contribution in [2.45, 2.75) is 38.3 Å². The predicted molar refractivity (Wildman–Crippen MR) is 79.5 cm³/mol. The van der Waals surface area contributed by atoms with E-state index in [0.717, 1.165) is 34.4 Å². The normalized spacial score (nSPS) is 21.5. The van der Waals surface area contributed by atoms with Crippen LogP contribution in [0, 0.1) is 0 Å². The van der Waals surface area contributed by atoms with E-state index in [1.807, 2.05) is 18.2 Å². The highest BCUT2D eigenvalue weighted by Crippen LogP contribution is 2.34. The van der Waals surface area contributed by atoms with Crippen molar-refractivity contribution in [1.29, 1.82) is 0 Å². The summed E-state index contributed by atoms with van der Waals surface area (Å²) in [7, 11) is 0. The molecule has 1 N–H and O–H groups in total. The quantitative estimate of drug-likeness (QED) is 0.892. The fourth-order valence-electron chi connectivity index (χ4n) is 2.81. The van der Waals surface area contributed by atoms with Gasteiger partial charge in [-0.05, 0) is 44.0 Å². The second-order valence-electron chi connectivity index (χ2n) is 4.97. The number of benzene rings is 1. The Bertz CT molecular complexity index is 481. The minimum absolute atomic E-state index is 0.118. The third-order valence-electron chi connectivity index (χ3n) is 3.74. The number of nitrogens with zero attached hydrogens (tertiary/aromatic N) is 1. The topological polar surface area (TPSA) is 40.5 Å². The third kappa shape index (κ3) is 3.50. The number of halogens is 2. The standard InChI is InChI=1S/C14H17BrClNO2/c1-9(12-5-4-10(15)7-13(12)16)17-6-2-3-11(17)8-14(18)19/h4-5,7,9,11H,2-3,6,8H2,1H3,(H,18,19). The third-order valence-corrected chi connectivity index (χ3v) is 4.56. The van der Waals surface area contributed by atoms with Gasteiger partial charge < -0.3 is 5.11 Å². The van der Waals surface area contributed by atoms with Crippen LogP contribution in [0.5, 0.6) is 0 Å². The van der Waals surface area contributed by atoms with Gasteiger partial charge in [-0.15, -0.1) is 0 Å². The van der Waals surface area contributed by atoms with E-state index in [1.54, 1.807) is 0 Å². The zero-order chi connectivity index (χ0) is 14.0.